The second kappa shape index (κ2) is 10.5. The van der Waals surface area contributed by atoms with Crippen LogP contribution in [0, 0.1) is 0 Å². The first-order valence-corrected chi connectivity index (χ1v) is 12.4. The van der Waals surface area contributed by atoms with Crippen LogP contribution in [0.3, 0.4) is 0 Å². The number of nitrogens with one attached hydrogen (secondary N) is 1. The minimum absolute atomic E-state index is 0.0181. The zero-order valence-corrected chi connectivity index (χ0v) is 20.0. The van der Waals surface area contributed by atoms with Crippen molar-refractivity contribution in [1.82, 2.24) is 15.1 Å². The van der Waals surface area contributed by atoms with E-state index < -0.39 is 0 Å². The van der Waals surface area contributed by atoms with Crippen LogP contribution in [0.5, 0.6) is 0 Å². The minimum Gasteiger partial charge on any atom is -0.358 e. The van der Waals surface area contributed by atoms with E-state index >= 15 is 0 Å². The van der Waals surface area contributed by atoms with Gasteiger partial charge in [0.2, 0.25) is 11.8 Å². The molecule has 0 saturated carbocycles. The maximum absolute atomic E-state index is 13.4. The molecule has 1 N–H and O–H groups in total. The topological polar surface area (TPSA) is 76.2 Å². The highest BCUT2D eigenvalue weighted by atomic mass is 16.2. The summed E-state index contributed by atoms with van der Waals surface area (Å²) >= 11 is 0. The standard InChI is InChI=1S/C25H37N5O3/c1-27(2)24(32)19-10-11-20-22(17-19)30(25(33)21-9-5-8-15-29(20)21)18-23(31)26-12-16-28-13-6-3-4-7-14-28/h10-11,17,21H,3-9,12-16,18H2,1-2H3,(H,26,31)/t21-/m0/s1. The number of hydrogen-bond acceptors (Lipinski definition) is 5. The number of anilines is 2. The molecule has 3 aliphatic rings. The number of rotatable bonds is 6. The Morgan fingerprint density at radius 3 is 2.45 bits per heavy atom. The van der Waals surface area contributed by atoms with Gasteiger partial charge in [0.15, 0.2) is 0 Å². The molecule has 3 amide bonds. The molecule has 0 unspecified atom stereocenters. The normalized spacial score (nSPS) is 21.2. The zero-order valence-electron chi connectivity index (χ0n) is 20.0. The molecular formula is C25H37N5O3. The highest BCUT2D eigenvalue weighted by Crippen LogP contribution is 2.40. The Morgan fingerprint density at radius 1 is 1.00 bits per heavy atom. The van der Waals surface area contributed by atoms with Crippen LogP contribution in [0.25, 0.3) is 0 Å². The predicted octanol–water partition coefficient (Wildman–Crippen LogP) is 2.09. The summed E-state index contributed by atoms with van der Waals surface area (Å²) in [5.74, 6) is -0.315. The largest absolute Gasteiger partial charge is 0.358 e. The molecule has 1 aromatic rings. The Kier molecular flexibility index (Phi) is 7.53. The van der Waals surface area contributed by atoms with E-state index in [1.165, 1.54) is 30.6 Å². The van der Waals surface area contributed by atoms with E-state index in [9.17, 15) is 14.4 Å². The third-order valence-electron chi connectivity index (χ3n) is 7.03. The summed E-state index contributed by atoms with van der Waals surface area (Å²) in [5, 5.41) is 3.01. The quantitative estimate of drug-likeness (QED) is 0.711. The summed E-state index contributed by atoms with van der Waals surface area (Å²) in [7, 11) is 3.42. The Bertz CT molecular complexity index is 879. The molecule has 2 fully saturated rings. The van der Waals surface area contributed by atoms with Crippen molar-refractivity contribution in [2.45, 2.75) is 51.0 Å². The number of piperidine rings is 1. The van der Waals surface area contributed by atoms with Gasteiger partial charge in [-0.1, -0.05) is 12.8 Å². The van der Waals surface area contributed by atoms with Gasteiger partial charge in [0, 0.05) is 39.3 Å². The molecule has 3 heterocycles. The molecular weight excluding hydrogens is 418 g/mol. The van der Waals surface area contributed by atoms with E-state index in [2.05, 4.69) is 15.1 Å². The first-order chi connectivity index (χ1) is 16.0. The van der Waals surface area contributed by atoms with Gasteiger partial charge < -0.3 is 20.0 Å². The van der Waals surface area contributed by atoms with Crippen molar-refractivity contribution in [1.29, 1.82) is 0 Å². The van der Waals surface area contributed by atoms with Crippen molar-refractivity contribution < 1.29 is 14.4 Å². The number of hydrogen-bond donors (Lipinski definition) is 1. The number of nitrogens with zero attached hydrogens (tertiary/aromatic N) is 4. The number of amides is 3. The summed E-state index contributed by atoms with van der Waals surface area (Å²) < 4.78 is 0. The van der Waals surface area contributed by atoms with E-state index in [4.69, 9.17) is 0 Å². The average molecular weight is 456 g/mol. The SMILES string of the molecule is CN(C)C(=O)c1ccc2c(c1)N(CC(=O)NCCN1CCCCCC1)C(=O)[C@@H]1CCCCN21. The highest BCUT2D eigenvalue weighted by molar-refractivity contribution is 6.09. The number of carbonyl (C=O) groups excluding carboxylic acids is 3. The number of fused-ring (bicyclic) bond motifs is 3. The third-order valence-corrected chi connectivity index (χ3v) is 7.03. The summed E-state index contributed by atoms with van der Waals surface area (Å²) in [6.07, 6.45) is 7.86. The lowest BCUT2D eigenvalue weighted by atomic mass is 9.95. The van der Waals surface area contributed by atoms with Gasteiger partial charge in [0.25, 0.3) is 5.91 Å². The first-order valence-electron chi connectivity index (χ1n) is 12.4. The number of benzene rings is 1. The van der Waals surface area contributed by atoms with E-state index in [0.717, 1.165) is 51.1 Å². The van der Waals surface area contributed by atoms with E-state index in [1.807, 2.05) is 12.1 Å². The minimum atomic E-state index is -0.230. The van der Waals surface area contributed by atoms with Crippen LogP contribution in [0.1, 0.15) is 55.3 Å². The van der Waals surface area contributed by atoms with Gasteiger partial charge in [0.05, 0.1) is 11.4 Å². The molecule has 3 aliphatic heterocycles. The van der Waals surface area contributed by atoms with Crippen molar-refractivity contribution >= 4 is 29.1 Å². The monoisotopic (exact) mass is 455 g/mol. The fourth-order valence-electron chi connectivity index (χ4n) is 5.22. The summed E-state index contributed by atoms with van der Waals surface area (Å²) in [4.78, 5) is 46.5. The van der Waals surface area contributed by atoms with Gasteiger partial charge in [-0.2, -0.15) is 0 Å². The van der Waals surface area contributed by atoms with Crippen molar-refractivity contribution in [3.05, 3.63) is 23.8 Å². The van der Waals surface area contributed by atoms with Gasteiger partial charge in [0.1, 0.15) is 12.6 Å². The molecule has 33 heavy (non-hydrogen) atoms. The van der Waals surface area contributed by atoms with Crippen LogP contribution in [0.2, 0.25) is 0 Å². The van der Waals surface area contributed by atoms with Gasteiger partial charge in [-0.3, -0.25) is 19.3 Å². The van der Waals surface area contributed by atoms with Gasteiger partial charge in [-0.25, -0.2) is 0 Å². The third kappa shape index (κ3) is 5.32. The van der Waals surface area contributed by atoms with Crippen molar-refractivity contribution in [2.24, 2.45) is 0 Å². The Labute approximate surface area is 196 Å². The second-order valence-electron chi connectivity index (χ2n) is 9.64. The van der Waals surface area contributed by atoms with Crippen LogP contribution >= 0.6 is 0 Å². The number of likely N-dealkylation sites (tertiary alicyclic amines) is 1. The predicted molar refractivity (Wildman–Crippen MR) is 130 cm³/mol. The molecule has 1 atom stereocenters. The molecule has 4 rings (SSSR count). The average Bonchev–Trinajstić information content (AvgIpc) is 3.10. The van der Waals surface area contributed by atoms with Crippen LogP contribution < -0.4 is 15.1 Å². The Morgan fingerprint density at radius 2 is 1.73 bits per heavy atom. The maximum Gasteiger partial charge on any atom is 0.253 e. The lowest BCUT2D eigenvalue weighted by Crippen LogP contribution is -2.57. The lowest BCUT2D eigenvalue weighted by Gasteiger charge is -2.45. The van der Waals surface area contributed by atoms with Crippen molar-refractivity contribution in [3.8, 4) is 0 Å². The smallest absolute Gasteiger partial charge is 0.253 e. The molecule has 2 saturated heterocycles. The maximum atomic E-state index is 13.4. The van der Waals surface area contributed by atoms with Crippen molar-refractivity contribution in [2.75, 3.05) is 63.2 Å². The van der Waals surface area contributed by atoms with Crippen LogP contribution in [-0.4, -0.2) is 86.9 Å². The molecule has 0 aromatic heterocycles. The summed E-state index contributed by atoms with van der Waals surface area (Å²) in [6, 6.07) is 5.29. The van der Waals surface area contributed by atoms with Crippen LogP contribution in [-0.2, 0) is 9.59 Å². The second-order valence-corrected chi connectivity index (χ2v) is 9.64. The Balaban J connectivity index is 1.48. The van der Waals surface area contributed by atoms with Crippen molar-refractivity contribution in [3.63, 3.8) is 0 Å². The molecule has 0 bridgehead atoms. The summed E-state index contributed by atoms with van der Waals surface area (Å²) in [5.41, 5.74) is 2.12. The molecule has 0 radical (unpaired) electrons. The fraction of sp³-hybridized carbons (Fsp3) is 0.640. The Hall–Kier alpha value is -2.61. The zero-order chi connectivity index (χ0) is 23.4. The number of carbonyl (C=O) groups is 3. The molecule has 180 valence electrons. The molecule has 8 heteroatoms. The first kappa shape index (κ1) is 23.5. The van der Waals surface area contributed by atoms with Gasteiger partial charge >= 0.3 is 0 Å². The van der Waals surface area contributed by atoms with E-state index in [1.54, 1.807) is 25.1 Å². The highest BCUT2D eigenvalue weighted by Gasteiger charge is 2.40. The molecule has 1 aromatic carbocycles. The van der Waals surface area contributed by atoms with E-state index in [-0.39, 0.29) is 30.3 Å². The van der Waals surface area contributed by atoms with Crippen LogP contribution in [0.15, 0.2) is 18.2 Å². The van der Waals surface area contributed by atoms with Gasteiger partial charge in [-0.15, -0.1) is 0 Å². The van der Waals surface area contributed by atoms with E-state index in [0.29, 0.717) is 17.8 Å². The molecule has 0 aliphatic carbocycles. The molecule has 0 spiro atoms. The molecule has 8 nitrogen and oxygen atoms in total. The lowest BCUT2D eigenvalue weighted by molar-refractivity contribution is -0.125. The van der Waals surface area contributed by atoms with Gasteiger partial charge in [-0.05, 0) is 63.4 Å². The summed E-state index contributed by atoms with van der Waals surface area (Å²) in [6.45, 7) is 4.41. The van der Waals surface area contributed by atoms with Crippen LogP contribution in [0.4, 0.5) is 11.4 Å². The fourth-order valence-corrected chi connectivity index (χ4v) is 5.22.